The van der Waals surface area contributed by atoms with E-state index in [0.717, 1.165) is 16.7 Å². The first-order chi connectivity index (χ1) is 20.6. The van der Waals surface area contributed by atoms with E-state index in [0.29, 0.717) is 32.6 Å². The number of aromatic hydroxyl groups is 1. The van der Waals surface area contributed by atoms with E-state index in [1.54, 1.807) is 30.3 Å². The van der Waals surface area contributed by atoms with Crippen molar-refractivity contribution in [1.82, 2.24) is 4.90 Å². The van der Waals surface area contributed by atoms with Gasteiger partial charge in [0.15, 0.2) is 36.6 Å². The predicted molar refractivity (Wildman–Crippen MR) is 162 cm³/mol. The molecule has 0 bridgehead atoms. The third kappa shape index (κ3) is 7.72. The number of benzene rings is 3. The zero-order valence-corrected chi connectivity index (χ0v) is 25.5. The first kappa shape index (κ1) is 32.0. The first-order valence-corrected chi connectivity index (χ1v) is 14.0. The van der Waals surface area contributed by atoms with Crippen molar-refractivity contribution in [3.8, 4) is 23.0 Å². The lowest BCUT2D eigenvalue weighted by Gasteiger charge is -2.15. The molecule has 1 saturated heterocycles. The number of rotatable bonds is 12. The van der Waals surface area contributed by atoms with E-state index in [1.165, 1.54) is 45.6 Å². The summed E-state index contributed by atoms with van der Waals surface area (Å²) in [5.41, 5.74) is 1.15. The van der Waals surface area contributed by atoms with Crippen LogP contribution in [0.4, 0.5) is 10.5 Å². The van der Waals surface area contributed by atoms with Gasteiger partial charge in [-0.25, -0.2) is 0 Å². The largest absolute Gasteiger partial charge is 0.504 e. The van der Waals surface area contributed by atoms with Crippen LogP contribution in [0, 0.1) is 0 Å². The minimum Gasteiger partial charge on any atom is -0.504 e. The summed E-state index contributed by atoms with van der Waals surface area (Å²) in [6, 6.07) is 12.3. The second kappa shape index (κ2) is 14.5. The monoisotopic (exact) mass is 648 g/mol. The summed E-state index contributed by atoms with van der Waals surface area (Å²) >= 11 is 12.8. The second-order valence-electron chi connectivity index (χ2n) is 8.85. The van der Waals surface area contributed by atoms with Crippen LogP contribution < -0.4 is 19.5 Å². The van der Waals surface area contributed by atoms with Gasteiger partial charge in [-0.1, -0.05) is 29.3 Å². The zero-order valence-electron chi connectivity index (χ0n) is 23.1. The molecule has 14 heteroatoms. The van der Waals surface area contributed by atoms with E-state index in [9.17, 15) is 19.5 Å². The van der Waals surface area contributed by atoms with E-state index < -0.39 is 22.8 Å². The van der Waals surface area contributed by atoms with Gasteiger partial charge in [-0.3, -0.25) is 19.3 Å². The van der Waals surface area contributed by atoms with Crippen LogP contribution >= 0.6 is 35.0 Å². The minimum atomic E-state index is -0.679. The molecule has 1 aliphatic heterocycles. The number of nitrogens with zero attached hydrogens (tertiary/aromatic N) is 1. The van der Waals surface area contributed by atoms with Gasteiger partial charge in [0.25, 0.3) is 17.1 Å². The molecule has 1 fully saturated rings. The van der Waals surface area contributed by atoms with Gasteiger partial charge in [-0.15, -0.1) is 0 Å². The predicted octanol–water partition coefficient (Wildman–Crippen LogP) is 6.16. The molecule has 1 aliphatic rings. The van der Waals surface area contributed by atoms with Crippen molar-refractivity contribution < 1.29 is 43.2 Å². The summed E-state index contributed by atoms with van der Waals surface area (Å²) in [4.78, 5) is 40.3. The average molecular weight is 650 g/mol. The molecule has 43 heavy (non-hydrogen) atoms. The van der Waals surface area contributed by atoms with Crippen molar-refractivity contribution in [3.05, 3.63) is 80.2 Å². The Kier molecular flexibility index (Phi) is 10.8. The van der Waals surface area contributed by atoms with E-state index in [4.69, 9.17) is 46.9 Å². The van der Waals surface area contributed by atoms with Gasteiger partial charge in [-0.05, 0) is 65.4 Å². The lowest BCUT2D eigenvalue weighted by molar-refractivity contribution is -0.123. The highest BCUT2D eigenvalue weighted by Crippen LogP contribution is 2.38. The molecule has 1 heterocycles. The van der Waals surface area contributed by atoms with E-state index >= 15 is 0 Å². The number of halogens is 2. The fourth-order valence-electron chi connectivity index (χ4n) is 3.91. The van der Waals surface area contributed by atoms with Crippen molar-refractivity contribution >= 4 is 63.8 Å². The summed E-state index contributed by atoms with van der Waals surface area (Å²) in [5, 5.41) is 13.6. The lowest BCUT2D eigenvalue weighted by atomic mass is 10.1. The van der Waals surface area contributed by atoms with Crippen molar-refractivity contribution in [2.24, 2.45) is 0 Å². The van der Waals surface area contributed by atoms with Gasteiger partial charge < -0.3 is 34.1 Å². The number of nitrogens with one attached hydrogen (secondary N) is 1. The van der Waals surface area contributed by atoms with Crippen LogP contribution in [0.3, 0.4) is 0 Å². The molecular weight excluding hydrogens is 623 g/mol. The topological polar surface area (TPSA) is 133 Å². The Morgan fingerprint density at radius 3 is 2.33 bits per heavy atom. The molecule has 0 aliphatic carbocycles. The number of anilines is 1. The number of phenolic OH excluding ortho intramolecular Hbond substituents is 1. The van der Waals surface area contributed by atoms with E-state index in [-0.39, 0.29) is 42.1 Å². The van der Waals surface area contributed by atoms with Crippen LogP contribution in [0.25, 0.3) is 6.08 Å². The Labute approximate surface area is 261 Å². The quantitative estimate of drug-likeness (QED) is 0.174. The van der Waals surface area contributed by atoms with Crippen LogP contribution in [-0.2, 0) is 20.8 Å². The standard InChI is InChI=1S/C29H26Cl2N2O9S/c1-38-14-41-22-7-5-18(12-23(22)42-15-39-2)32-27(35)19-8-17(10-24(40-3)26(19)34)11-25-28(36)33(29(37)43-25)13-16-4-6-20(30)21(31)9-16/h4-12,34H,13-15H2,1-3H3,(H,32,35)/b25-11-. The van der Waals surface area contributed by atoms with E-state index in [2.05, 4.69) is 5.32 Å². The van der Waals surface area contributed by atoms with Crippen LogP contribution in [0.2, 0.25) is 10.0 Å². The molecule has 0 unspecified atom stereocenters. The van der Waals surface area contributed by atoms with Crippen molar-refractivity contribution in [2.45, 2.75) is 6.54 Å². The molecule has 0 atom stereocenters. The summed E-state index contributed by atoms with van der Waals surface area (Å²) < 4.78 is 26.2. The molecule has 0 spiro atoms. The maximum atomic E-state index is 13.3. The number of hydrogen-bond donors (Lipinski definition) is 2. The van der Waals surface area contributed by atoms with Crippen LogP contribution in [0.15, 0.2) is 53.4 Å². The highest BCUT2D eigenvalue weighted by Gasteiger charge is 2.35. The minimum absolute atomic E-state index is 0.00314. The maximum absolute atomic E-state index is 13.3. The summed E-state index contributed by atoms with van der Waals surface area (Å²) in [5.74, 6) is -0.997. The molecular formula is C29H26Cl2N2O9S. The fourth-order valence-corrected chi connectivity index (χ4v) is 5.07. The van der Waals surface area contributed by atoms with Gasteiger partial charge in [0.05, 0.1) is 34.2 Å². The molecule has 3 aromatic rings. The Hall–Kier alpha value is -3.94. The first-order valence-electron chi connectivity index (χ1n) is 12.4. The van der Waals surface area contributed by atoms with Gasteiger partial charge in [0, 0.05) is 26.0 Å². The van der Waals surface area contributed by atoms with Gasteiger partial charge in [0.1, 0.15) is 0 Å². The third-order valence-corrected chi connectivity index (χ3v) is 7.57. The average Bonchev–Trinajstić information content (AvgIpc) is 3.25. The second-order valence-corrected chi connectivity index (χ2v) is 10.7. The molecule has 0 radical (unpaired) electrons. The van der Waals surface area contributed by atoms with E-state index in [1.807, 2.05) is 0 Å². The molecule has 3 amide bonds. The SMILES string of the molecule is COCOc1ccc(NC(=O)c2cc(/C=C3\SC(=O)N(Cc4ccc(Cl)c(Cl)c4)C3=O)cc(OC)c2O)cc1OCOC. The Bertz CT molecular complexity index is 1580. The number of methoxy groups -OCH3 is 3. The Morgan fingerprint density at radius 2 is 1.65 bits per heavy atom. The van der Waals surface area contributed by atoms with Crippen LogP contribution in [0.5, 0.6) is 23.0 Å². The van der Waals surface area contributed by atoms with Gasteiger partial charge in [0.2, 0.25) is 0 Å². The third-order valence-electron chi connectivity index (χ3n) is 5.92. The summed E-state index contributed by atoms with van der Waals surface area (Å²) in [6.45, 7) is -0.0962. The zero-order chi connectivity index (χ0) is 31.1. The number of carbonyl (C=O) groups is 3. The van der Waals surface area contributed by atoms with Crippen molar-refractivity contribution in [3.63, 3.8) is 0 Å². The highest BCUT2D eigenvalue weighted by atomic mass is 35.5. The molecule has 0 saturated carbocycles. The lowest BCUT2D eigenvalue weighted by Crippen LogP contribution is -2.27. The number of amides is 3. The maximum Gasteiger partial charge on any atom is 0.293 e. The van der Waals surface area contributed by atoms with Gasteiger partial charge in [-0.2, -0.15) is 0 Å². The highest BCUT2D eigenvalue weighted by molar-refractivity contribution is 8.18. The number of hydrogen-bond acceptors (Lipinski definition) is 10. The molecule has 2 N–H and O–H groups in total. The normalized spacial score (nSPS) is 13.9. The van der Waals surface area contributed by atoms with Crippen molar-refractivity contribution in [1.29, 1.82) is 0 Å². The Morgan fingerprint density at radius 1 is 0.930 bits per heavy atom. The summed E-state index contributed by atoms with van der Waals surface area (Å²) in [6.07, 6.45) is 1.44. The number of imide groups is 1. The number of phenols is 1. The van der Waals surface area contributed by atoms with Gasteiger partial charge >= 0.3 is 0 Å². The van der Waals surface area contributed by atoms with Crippen molar-refractivity contribution in [2.75, 3.05) is 40.2 Å². The molecule has 11 nitrogen and oxygen atoms in total. The molecule has 0 aromatic heterocycles. The number of carbonyl (C=O) groups excluding carboxylic acids is 3. The van der Waals surface area contributed by atoms with Crippen LogP contribution in [-0.4, -0.2) is 62.0 Å². The number of ether oxygens (including phenoxy) is 5. The Balaban J connectivity index is 1.58. The molecule has 3 aromatic carbocycles. The molecule has 4 rings (SSSR count). The van der Waals surface area contributed by atoms with Crippen LogP contribution in [0.1, 0.15) is 21.5 Å². The smallest absolute Gasteiger partial charge is 0.293 e. The summed E-state index contributed by atoms with van der Waals surface area (Å²) in [7, 11) is 4.26. The molecule has 226 valence electrons. The number of thioether (sulfide) groups is 1. The fraction of sp³-hybridized carbons (Fsp3) is 0.207.